The summed E-state index contributed by atoms with van der Waals surface area (Å²) in [5.74, 6) is -1.20. The summed E-state index contributed by atoms with van der Waals surface area (Å²) in [5, 5.41) is 8.26. The van der Waals surface area contributed by atoms with Crippen LogP contribution in [0.4, 0.5) is 0 Å². The van der Waals surface area contributed by atoms with E-state index in [0.717, 1.165) is 49.8 Å². The lowest BCUT2D eigenvalue weighted by molar-refractivity contribution is -0.139. The number of allylic oxidation sites excluding steroid dienone is 10. The highest BCUT2D eigenvalue weighted by Gasteiger charge is 2.35. The summed E-state index contributed by atoms with van der Waals surface area (Å²) in [6.07, 6.45) is 29.1. The van der Waals surface area contributed by atoms with Gasteiger partial charge in [-0.25, -0.2) is 0 Å². The van der Waals surface area contributed by atoms with Crippen molar-refractivity contribution in [2.75, 3.05) is 52.6 Å². The van der Waals surface area contributed by atoms with Crippen molar-refractivity contribution in [3.63, 3.8) is 0 Å². The molecule has 1 fully saturated rings. The molecule has 3 N–H and O–H groups in total. The summed E-state index contributed by atoms with van der Waals surface area (Å²) in [6, 6.07) is 0. The summed E-state index contributed by atoms with van der Waals surface area (Å²) in [4.78, 5) is 60.6. The van der Waals surface area contributed by atoms with E-state index in [0.29, 0.717) is 45.9 Å². The molecule has 5 amide bonds. The molecule has 1 aliphatic rings. The molecule has 0 aliphatic carbocycles. The van der Waals surface area contributed by atoms with Crippen molar-refractivity contribution in [2.24, 2.45) is 5.92 Å². The van der Waals surface area contributed by atoms with Gasteiger partial charge in [0.25, 0.3) is 0 Å². The first-order valence-electron chi connectivity index (χ1n) is 17.4. The van der Waals surface area contributed by atoms with Gasteiger partial charge in [-0.1, -0.05) is 74.6 Å². The molecule has 1 unspecified atom stereocenters. The van der Waals surface area contributed by atoms with E-state index in [1.54, 1.807) is 6.92 Å². The lowest BCUT2D eigenvalue weighted by Gasteiger charge is -2.14. The molecule has 0 saturated carbocycles. The number of hydrogen-bond donors (Lipinski definition) is 3. The predicted molar refractivity (Wildman–Crippen MR) is 189 cm³/mol. The number of nitrogens with one attached hydrogen (secondary N) is 3. The standard InChI is InChI=1S/C37H58N4O7/c1-3-4-5-6-7-8-9-10-11-12-13-14-15-16-17-18-19-20-33(42)38-23-24-39-35(44)22-27-47-29-30-48-28-25-40-34(43)21-26-41-36(45)31-32(2)37(41)46/h4-5,7-8,10-11,13-14,16-17,32H,3,6,9,12,15,18-31H2,1-2H3,(H,38,42)(H,39,44)(H,40,43)/b5-4-,8-7-,11-10-,14-13-,17-16-. The van der Waals surface area contributed by atoms with Gasteiger partial charge in [0.05, 0.1) is 26.4 Å². The zero-order valence-corrected chi connectivity index (χ0v) is 29.1. The molecule has 1 rings (SSSR count). The minimum Gasteiger partial charge on any atom is -0.379 e. The Hall–Kier alpha value is -3.83. The lowest BCUT2D eigenvalue weighted by Crippen LogP contribution is -2.35. The smallest absolute Gasteiger partial charge is 0.232 e. The highest BCUT2D eigenvalue weighted by Crippen LogP contribution is 2.18. The van der Waals surface area contributed by atoms with Crippen LogP contribution in [0.5, 0.6) is 0 Å². The van der Waals surface area contributed by atoms with Crippen LogP contribution in [0.3, 0.4) is 0 Å². The van der Waals surface area contributed by atoms with Crippen LogP contribution in [0, 0.1) is 5.92 Å². The number of imide groups is 1. The Kier molecular flexibility index (Phi) is 25.8. The predicted octanol–water partition coefficient (Wildman–Crippen LogP) is 4.47. The van der Waals surface area contributed by atoms with Crippen LogP contribution >= 0.6 is 0 Å². The fraction of sp³-hybridized carbons (Fsp3) is 0.595. The molecule has 1 heterocycles. The van der Waals surface area contributed by atoms with Gasteiger partial charge in [0.1, 0.15) is 0 Å². The van der Waals surface area contributed by atoms with Crippen LogP contribution in [0.1, 0.15) is 84.5 Å². The molecule has 1 aliphatic heterocycles. The Morgan fingerprint density at radius 3 is 1.73 bits per heavy atom. The van der Waals surface area contributed by atoms with E-state index < -0.39 is 0 Å². The molecule has 0 radical (unpaired) electrons. The molecular weight excluding hydrogens is 612 g/mol. The second-order valence-corrected chi connectivity index (χ2v) is 11.4. The topological polar surface area (TPSA) is 143 Å². The van der Waals surface area contributed by atoms with E-state index >= 15 is 0 Å². The monoisotopic (exact) mass is 670 g/mol. The Morgan fingerprint density at radius 2 is 1.17 bits per heavy atom. The fourth-order valence-electron chi connectivity index (χ4n) is 4.46. The van der Waals surface area contributed by atoms with Crippen molar-refractivity contribution in [2.45, 2.75) is 84.5 Å². The maximum Gasteiger partial charge on any atom is 0.232 e. The third kappa shape index (κ3) is 23.5. The van der Waals surface area contributed by atoms with Gasteiger partial charge < -0.3 is 25.4 Å². The van der Waals surface area contributed by atoms with Gasteiger partial charge in [0.2, 0.25) is 29.5 Å². The van der Waals surface area contributed by atoms with Crippen molar-refractivity contribution in [3.05, 3.63) is 60.8 Å². The number of nitrogens with zero attached hydrogens (tertiary/aromatic N) is 1. The summed E-state index contributed by atoms with van der Waals surface area (Å²) < 4.78 is 10.8. The average molecular weight is 671 g/mol. The molecule has 0 aromatic carbocycles. The Morgan fingerprint density at radius 1 is 0.667 bits per heavy atom. The number of likely N-dealkylation sites (tertiary alicyclic amines) is 1. The third-order valence-corrected chi connectivity index (χ3v) is 7.15. The third-order valence-electron chi connectivity index (χ3n) is 7.15. The molecular formula is C37H58N4O7. The largest absolute Gasteiger partial charge is 0.379 e. The van der Waals surface area contributed by atoms with Crippen molar-refractivity contribution in [1.29, 1.82) is 0 Å². The molecule has 0 bridgehead atoms. The van der Waals surface area contributed by atoms with Crippen molar-refractivity contribution >= 4 is 29.5 Å². The highest BCUT2D eigenvalue weighted by atomic mass is 16.5. The van der Waals surface area contributed by atoms with E-state index in [2.05, 4.69) is 83.6 Å². The van der Waals surface area contributed by atoms with E-state index in [1.807, 2.05) is 0 Å². The minimum atomic E-state index is -0.313. The van der Waals surface area contributed by atoms with Crippen LogP contribution < -0.4 is 16.0 Å². The summed E-state index contributed by atoms with van der Waals surface area (Å²) in [6.45, 7) is 6.16. The zero-order chi connectivity index (χ0) is 35.1. The molecule has 1 saturated heterocycles. The highest BCUT2D eigenvalue weighted by molar-refractivity contribution is 6.03. The second-order valence-electron chi connectivity index (χ2n) is 11.4. The number of amides is 5. The second kappa shape index (κ2) is 29.3. The average Bonchev–Trinajstić information content (AvgIpc) is 3.31. The lowest BCUT2D eigenvalue weighted by atomic mass is 10.1. The van der Waals surface area contributed by atoms with Gasteiger partial charge >= 0.3 is 0 Å². The minimum absolute atomic E-state index is 0.0239. The van der Waals surface area contributed by atoms with Gasteiger partial charge in [0, 0.05) is 57.8 Å². The van der Waals surface area contributed by atoms with E-state index in [-0.39, 0.29) is 67.9 Å². The summed E-state index contributed by atoms with van der Waals surface area (Å²) >= 11 is 0. The van der Waals surface area contributed by atoms with Gasteiger partial charge in [-0.15, -0.1) is 0 Å². The molecule has 11 heteroatoms. The summed E-state index contributed by atoms with van der Waals surface area (Å²) in [5.41, 5.74) is 0. The van der Waals surface area contributed by atoms with E-state index in [9.17, 15) is 24.0 Å². The Bertz CT molecular complexity index is 1100. The first-order chi connectivity index (χ1) is 23.3. The van der Waals surface area contributed by atoms with Gasteiger partial charge in [-0.3, -0.25) is 28.9 Å². The molecule has 0 aromatic heterocycles. The Labute approximate surface area is 287 Å². The van der Waals surface area contributed by atoms with E-state index in [4.69, 9.17) is 9.47 Å². The van der Waals surface area contributed by atoms with Crippen molar-refractivity contribution in [3.8, 4) is 0 Å². The van der Waals surface area contributed by atoms with Gasteiger partial charge in [-0.2, -0.15) is 0 Å². The normalized spacial score (nSPS) is 15.3. The molecule has 1 atom stereocenters. The van der Waals surface area contributed by atoms with Crippen molar-refractivity contribution in [1.82, 2.24) is 20.9 Å². The molecule has 48 heavy (non-hydrogen) atoms. The number of hydrogen-bond acceptors (Lipinski definition) is 7. The summed E-state index contributed by atoms with van der Waals surface area (Å²) in [7, 11) is 0. The molecule has 0 aromatic rings. The van der Waals surface area contributed by atoms with Gasteiger partial charge in [0.15, 0.2) is 0 Å². The molecule has 11 nitrogen and oxygen atoms in total. The number of carbonyl (C=O) groups excluding carboxylic acids is 5. The van der Waals surface area contributed by atoms with Crippen LogP contribution in [0.15, 0.2) is 60.8 Å². The van der Waals surface area contributed by atoms with Crippen LogP contribution in [0.2, 0.25) is 0 Å². The first-order valence-corrected chi connectivity index (χ1v) is 17.4. The van der Waals surface area contributed by atoms with Crippen LogP contribution in [-0.2, 0) is 33.4 Å². The number of ether oxygens (including phenoxy) is 2. The Balaban J connectivity index is 1.87. The van der Waals surface area contributed by atoms with Crippen molar-refractivity contribution < 1.29 is 33.4 Å². The zero-order valence-electron chi connectivity index (χ0n) is 29.1. The van der Waals surface area contributed by atoms with Crippen LogP contribution in [-0.4, -0.2) is 87.0 Å². The SMILES string of the molecule is CC/C=C\C/C=C\C/C=C\C/C=C\C/C=C\CCCC(=O)NCCNC(=O)CCOCCOCCNC(=O)CCN1C(=O)CC(C)C1=O. The molecule has 268 valence electrons. The maximum absolute atomic E-state index is 12.0. The number of unbranched alkanes of at least 4 members (excludes halogenated alkanes) is 1. The number of rotatable bonds is 28. The van der Waals surface area contributed by atoms with Crippen LogP contribution in [0.25, 0.3) is 0 Å². The van der Waals surface area contributed by atoms with E-state index in [1.165, 1.54) is 0 Å². The van der Waals surface area contributed by atoms with Gasteiger partial charge in [-0.05, 0) is 44.9 Å². The maximum atomic E-state index is 12.0. The fourth-order valence-corrected chi connectivity index (χ4v) is 4.46. The number of carbonyl (C=O) groups is 5. The quantitative estimate of drug-likeness (QED) is 0.0634. The first kappa shape index (κ1) is 42.2. The molecule has 0 spiro atoms.